The predicted molar refractivity (Wildman–Crippen MR) is 64.8 cm³/mol. The van der Waals surface area contributed by atoms with E-state index in [4.69, 9.17) is 0 Å². The fourth-order valence-electron chi connectivity index (χ4n) is 2.75. The summed E-state index contributed by atoms with van der Waals surface area (Å²) in [6.45, 7) is 2.19. The molecule has 5 heteroatoms. The minimum atomic E-state index is -0.754. The van der Waals surface area contributed by atoms with E-state index in [1.165, 1.54) is 6.42 Å². The second kappa shape index (κ2) is 4.45. The number of halogens is 1. The average Bonchev–Trinajstić information content (AvgIpc) is 2.59. The van der Waals surface area contributed by atoms with Gasteiger partial charge >= 0.3 is 0 Å². The Morgan fingerprint density at radius 2 is 2.38 bits per heavy atom. The summed E-state index contributed by atoms with van der Waals surface area (Å²) >= 11 is 3.38. The molecule has 2 atom stereocenters. The summed E-state index contributed by atoms with van der Waals surface area (Å²) in [5.74, 6) is 0.612. The summed E-state index contributed by atoms with van der Waals surface area (Å²) in [7, 11) is 1.83. The molecule has 1 N–H and O–H groups in total. The van der Waals surface area contributed by atoms with Crippen LogP contribution in [-0.2, 0) is 12.6 Å². The lowest BCUT2D eigenvalue weighted by Crippen LogP contribution is -2.34. The van der Waals surface area contributed by atoms with E-state index in [1.54, 1.807) is 4.68 Å². The second-order valence-corrected chi connectivity index (χ2v) is 5.51. The summed E-state index contributed by atoms with van der Waals surface area (Å²) in [6, 6.07) is 0. The Bertz CT molecular complexity index is 360. The van der Waals surface area contributed by atoms with Crippen LogP contribution < -0.4 is 0 Å². The maximum Gasteiger partial charge on any atom is 0.154 e. The van der Waals surface area contributed by atoms with E-state index in [0.717, 1.165) is 31.4 Å². The Labute approximate surface area is 104 Å². The Hall–Kier alpha value is -0.420. The van der Waals surface area contributed by atoms with Gasteiger partial charge in [-0.3, -0.25) is 0 Å². The number of aromatic nitrogens is 3. The molecule has 0 bridgehead atoms. The number of nitrogens with zero attached hydrogens (tertiary/aromatic N) is 3. The van der Waals surface area contributed by atoms with Gasteiger partial charge in [0.25, 0.3) is 0 Å². The predicted octanol–water partition coefficient (Wildman–Crippen LogP) is 2.37. The molecule has 1 aliphatic rings. The molecule has 90 valence electrons. The smallest absolute Gasteiger partial charge is 0.154 e. The highest BCUT2D eigenvalue weighted by Gasteiger charge is 2.39. The Morgan fingerprint density at radius 3 is 2.94 bits per heavy atom. The first-order valence-corrected chi connectivity index (χ1v) is 6.64. The van der Waals surface area contributed by atoms with E-state index in [-0.39, 0.29) is 0 Å². The molecule has 2 rings (SSSR count). The lowest BCUT2D eigenvalue weighted by atomic mass is 9.75. The maximum absolute atomic E-state index is 10.8. The van der Waals surface area contributed by atoms with Crippen LogP contribution in [0.4, 0.5) is 0 Å². The first-order chi connectivity index (χ1) is 7.57. The van der Waals surface area contributed by atoms with Gasteiger partial charge in [0.2, 0.25) is 0 Å². The summed E-state index contributed by atoms with van der Waals surface area (Å²) < 4.78 is 2.36. The van der Waals surface area contributed by atoms with Gasteiger partial charge in [-0.15, -0.1) is 5.10 Å². The van der Waals surface area contributed by atoms with Crippen LogP contribution in [-0.4, -0.2) is 20.1 Å². The van der Waals surface area contributed by atoms with Gasteiger partial charge in [0.1, 0.15) is 11.3 Å². The van der Waals surface area contributed by atoms with Gasteiger partial charge < -0.3 is 5.11 Å². The molecule has 0 spiro atoms. The number of aryl methyl sites for hydroxylation is 1. The highest BCUT2D eigenvalue weighted by molar-refractivity contribution is 9.10. The number of hydrogen-bond acceptors (Lipinski definition) is 3. The minimum Gasteiger partial charge on any atom is -0.383 e. The maximum atomic E-state index is 10.8. The van der Waals surface area contributed by atoms with Gasteiger partial charge in [0.15, 0.2) is 4.60 Å². The van der Waals surface area contributed by atoms with Crippen LogP contribution in [0.2, 0.25) is 0 Å². The van der Waals surface area contributed by atoms with Gasteiger partial charge in [0, 0.05) is 7.05 Å². The van der Waals surface area contributed by atoms with E-state index >= 15 is 0 Å². The molecule has 0 radical (unpaired) electrons. The van der Waals surface area contributed by atoms with Gasteiger partial charge in [-0.2, -0.15) is 0 Å². The van der Waals surface area contributed by atoms with Crippen molar-refractivity contribution < 1.29 is 5.11 Å². The molecule has 4 nitrogen and oxygen atoms in total. The summed E-state index contributed by atoms with van der Waals surface area (Å²) in [5.41, 5.74) is 0.0707. The van der Waals surface area contributed by atoms with E-state index in [9.17, 15) is 5.11 Å². The molecular weight excluding hydrogens is 270 g/mol. The Kier molecular flexibility index (Phi) is 3.35. The second-order valence-electron chi connectivity index (χ2n) is 4.75. The Balaban J connectivity index is 2.31. The van der Waals surface area contributed by atoms with Gasteiger partial charge in [0.05, 0.1) is 0 Å². The normalized spacial score (nSPS) is 30.6. The summed E-state index contributed by atoms with van der Waals surface area (Å²) in [4.78, 5) is 0. The highest BCUT2D eigenvalue weighted by atomic mass is 79.9. The van der Waals surface area contributed by atoms with Crippen molar-refractivity contribution in [3.05, 3.63) is 10.3 Å². The van der Waals surface area contributed by atoms with E-state index in [1.807, 2.05) is 7.05 Å². The number of hydrogen-bond donors (Lipinski definition) is 1. The van der Waals surface area contributed by atoms with Crippen LogP contribution in [0.1, 0.15) is 44.7 Å². The fraction of sp³-hybridized carbons (Fsp3) is 0.818. The van der Waals surface area contributed by atoms with Crippen LogP contribution in [0, 0.1) is 5.92 Å². The molecule has 1 saturated carbocycles. The zero-order chi connectivity index (χ0) is 11.8. The molecule has 2 unspecified atom stereocenters. The summed E-state index contributed by atoms with van der Waals surface area (Å²) in [6.07, 6.45) is 5.06. The molecule has 0 saturated heterocycles. The van der Waals surface area contributed by atoms with Gasteiger partial charge in [-0.1, -0.05) is 25.0 Å². The number of rotatable bonds is 2. The largest absolute Gasteiger partial charge is 0.383 e. The van der Waals surface area contributed by atoms with Crippen LogP contribution in [0.3, 0.4) is 0 Å². The molecule has 1 aromatic rings. The van der Waals surface area contributed by atoms with Crippen LogP contribution in [0.5, 0.6) is 0 Å². The van der Waals surface area contributed by atoms with E-state index in [0.29, 0.717) is 10.5 Å². The van der Waals surface area contributed by atoms with Crippen molar-refractivity contribution in [2.45, 2.75) is 44.6 Å². The van der Waals surface area contributed by atoms with E-state index in [2.05, 4.69) is 33.2 Å². The van der Waals surface area contributed by atoms with Crippen molar-refractivity contribution in [1.82, 2.24) is 15.0 Å². The first kappa shape index (κ1) is 12.0. The standard InChI is InChI=1S/C11H18BrN3O/c1-3-8-5-4-6-11(16,7-8)9-10(12)13-14-15(9)2/h8,16H,3-7H2,1-2H3. The van der Waals surface area contributed by atoms with Crippen molar-refractivity contribution in [2.24, 2.45) is 13.0 Å². The zero-order valence-corrected chi connectivity index (χ0v) is 11.4. The molecule has 1 fully saturated rings. The quantitative estimate of drug-likeness (QED) is 0.909. The van der Waals surface area contributed by atoms with E-state index < -0.39 is 5.60 Å². The molecule has 1 aromatic heterocycles. The molecule has 0 aromatic carbocycles. The SMILES string of the molecule is CCC1CCCC(O)(c2c(Br)nnn2C)C1. The monoisotopic (exact) mass is 287 g/mol. The molecule has 1 heterocycles. The molecular formula is C11H18BrN3O. The topological polar surface area (TPSA) is 50.9 Å². The molecule has 1 aliphatic carbocycles. The minimum absolute atomic E-state index is 0.612. The summed E-state index contributed by atoms with van der Waals surface area (Å²) in [5, 5.41) is 18.7. The third-order valence-electron chi connectivity index (χ3n) is 3.63. The van der Waals surface area contributed by atoms with Crippen LogP contribution in [0.25, 0.3) is 0 Å². The van der Waals surface area contributed by atoms with Crippen molar-refractivity contribution in [3.63, 3.8) is 0 Å². The zero-order valence-electron chi connectivity index (χ0n) is 9.78. The third-order valence-corrected chi connectivity index (χ3v) is 4.17. The first-order valence-electron chi connectivity index (χ1n) is 5.85. The van der Waals surface area contributed by atoms with Crippen LogP contribution >= 0.6 is 15.9 Å². The fourth-order valence-corrected chi connectivity index (χ4v) is 3.45. The third kappa shape index (κ3) is 2.02. The van der Waals surface area contributed by atoms with Crippen molar-refractivity contribution in [2.75, 3.05) is 0 Å². The molecule has 0 amide bonds. The highest BCUT2D eigenvalue weighted by Crippen LogP contribution is 2.42. The van der Waals surface area contributed by atoms with Crippen molar-refractivity contribution in [1.29, 1.82) is 0 Å². The molecule has 16 heavy (non-hydrogen) atoms. The Morgan fingerprint density at radius 1 is 1.62 bits per heavy atom. The van der Waals surface area contributed by atoms with Crippen molar-refractivity contribution >= 4 is 15.9 Å². The van der Waals surface area contributed by atoms with Crippen molar-refractivity contribution in [3.8, 4) is 0 Å². The number of aliphatic hydroxyl groups is 1. The van der Waals surface area contributed by atoms with Gasteiger partial charge in [-0.05, 0) is 41.1 Å². The molecule has 0 aliphatic heterocycles. The average molecular weight is 288 g/mol. The lowest BCUT2D eigenvalue weighted by molar-refractivity contribution is -0.0289. The lowest BCUT2D eigenvalue weighted by Gasteiger charge is -2.36. The van der Waals surface area contributed by atoms with Crippen LogP contribution in [0.15, 0.2) is 4.60 Å². The van der Waals surface area contributed by atoms with Gasteiger partial charge in [-0.25, -0.2) is 4.68 Å².